The molecule has 1 aromatic heterocycles. The highest BCUT2D eigenvalue weighted by Crippen LogP contribution is 2.33. The Morgan fingerprint density at radius 1 is 1.17 bits per heavy atom. The van der Waals surface area contributed by atoms with Crippen molar-refractivity contribution >= 4 is 17.5 Å². The van der Waals surface area contributed by atoms with E-state index in [0.717, 1.165) is 30.8 Å². The fraction of sp³-hybridized carbons (Fsp3) is 0.522. The van der Waals surface area contributed by atoms with Gasteiger partial charge in [0.15, 0.2) is 0 Å². The van der Waals surface area contributed by atoms with E-state index >= 15 is 0 Å². The monoisotopic (exact) mass is 396 g/mol. The number of carbonyl (C=O) groups is 1. The average molecular weight is 397 g/mol. The predicted molar refractivity (Wildman–Crippen MR) is 116 cm³/mol. The maximum Gasteiger partial charge on any atom is 0.270 e. The minimum absolute atomic E-state index is 0.103. The lowest BCUT2D eigenvalue weighted by Gasteiger charge is -2.20. The number of para-hydroxylation sites is 1. The van der Waals surface area contributed by atoms with Crippen LogP contribution in [0.3, 0.4) is 0 Å². The molecule has 1 amide bonds. The Morgan fingerprint density at radius 3 is 2.45 bits per heavy atom. The number of aromatic nitrogens is 2. The molecular formula is C23H32N4O2. The first-order chi connectivity index (χ1) is 13.8. The molecule has 3 rings (SSSR count). The number of hydrogen-bond donors (Lipinski definition) is 2. The molecule has 0 aliphatic carbocycles. The molecule has 1 aliphatic heterocycles. The number of benzene rings is 1. The van der Waals surface area contributed by atoms with Crippen LogP contribution in [0.1, 0.15) is 79.7 Å². The van der Waals surface area contributed by atoms with Gasteiger partial charge in [-0.25, -0.2) is 9.97 Å². The largest absolute Gasteiger partial charge is 0.376 e. The van der Waals surface area contributed by atoms with Crippen LogP contribution >= 0.6 is 0 Å². The second kappa shape index (κ2) is 9.35. The van der Waals surface area contributed by atoms with E-state index in [0.29, 0.717) is 30.0 Å². The smallest absolute Gasteiger partial charge is 0.270 e. The number of hydrogen-bond acceptors (Lipinski definition) is 5. The van der Waals surface area contributed by atoms with Gasteiger partial charge in [0, 0.05) is 24.5 Å². The molecule has 0 saturated carbocycles. The molecule has 2 heterocycles. The summed E-state index contributed by atoms with van der Waals surface area (Å²) < 4.78 is 5.58. The minimum atomic E-state index is -0.199. The van der Waals surface area contributed by atoms with Gasteiger partial charge >= 0.3 is 0 Å². The molecule has 29 heavy (non-hydrogen) atoms. The highest BCUT2D eigenvalue weighted by atomic mass is 16.5. The van der Waals surface area contributed by atoms with Crippen molar-refractivity contribution in [3.8, 4) is 0 Å². The van der Waals surface area contributed by atoms with E-state index in [-0.39, 0.29) is 12.0 Å². The van der Waals surface area contributed by atoms with Gasteiger partial charge in [-0.05, 0) is 48.8 Å². The molecule has 1 saturated heterocycles. The maximum absolute atomic E-state index is 12.6. The Morgan fingerprint density at radius 2 is 1.86 bits per heavy atom. The van der Waals surface area contributed by atoms with E-state index in [4.69, 9.17) is 4.74 Å². The molecule has 156 valence electrons. The molecule has 6 heteroatoms. The van der Waals surface area contributed by atoms with Crippen LogP contribution in [0.25, 0.3) is 0 Å². The van der Waals surface area contributed by atoms with Gasteiger partial charge in [-0.2, -0.15) is 0 Å². The lowest BCUT2D eigenvalue weighted by atomic mass is 9.93. The summed E-state index contributed by atoms with van der Waals surface area (Å²) in [4.78, 5) is 21.6. The number of rotatable bonds is 7. The quantitative estimate of drug-likeness (QED) is 0.710. The molecular weight excluding hydrogens is 364 g/mol. The third kappa shape index (κ3) is 5.32. The average Bonchev–Trinajstić information content (AvgIpc) is 3.19. The molecule has 1 aliphatic rings. The van der Waals surface area contributed by atoms with Crippen molar-refractivity contribution in [3.63, 3.8) is 0 Å². The van der Waals surface area contributed by atoms with E-state index in [1.54, 1.807) is 6.07 Å². The molecule has 1 aromatic carbocycles. The fourth-order valence-electron chi connectivity index (χ4n) is 3.65. The Kier molecular flexibility index (Phi) is 6.85. The van der Waals surface area contributed by atoms with E-state index in [1.165, 1.54) is 11.1 Å². The first-order valence-corrected chi connectivity index (χ1v) is 10.5. The predicted octanol–water partition coefficient (Wildman–Crippen LogP) is 4.68. The van der Waals surface area contributed by atoms with Gasteiger partial charge in [-0.1, -0.05) is 45.9 Å². The minimum Gasteiger partial charge on any atom is -0.376 e. The Balaban J connectivity index is 1.84. The van der Waals surface area contributed by atoms with E-state index in [9.17, 15) is 4.79 Å². The normalized spacial score (nSPS) is 16.4. The Hall–Kier alpha value is -2.47. The summed E-state index contributed by atoms with van der Waals surface area (Å²) in [6, 6.07) is 8.07. The zero-order chi connectivity index (χ0) is 21.0. The third-order valence-electron chi connectivity index (χ3n) is 5.21. The van der Waals surface area contributed by atoms with Gasteiger partial charge in [-0.3, -0.25) is 4.79 Å². The van der Waals surface area contributed by atoms with Gasteiger partial charge in [0.05, 0.1) is 6.10 Å². The highest BCUT2D eigenvalue weighted by molar-refractivity contribution is 5.92. The molecule has 6 nitrogen and oxygen atoms in total. The van der Waals surface area contributed by atoms with Crippen molar-refractivity contribution in [2.45, 2.75) is 65.4 Å². The van der Waals surface area contributed by atoms with Crippen LogP contribution in [0.15, 0.2) is 24.3 Å². The van der Waals surface area contributed by atoms with Crippen molar-refractivity contribution in [1.29, 1.82) is 0 Å². The Labute approximate surface area is 173 Å². The topological polar surface area (TPSA) is 76.1 Å². The lowest BCUT2D eigenvalue weighted by Crippen LogP contribution is -2.32. The number of aryl methyl sites for hydroxylation is 1. The molecule has 1 atom stereocenters. The zero-order valence-corrected chi connectivity index (χ0v) is 18.1. The van der Waals surface area contributed by atoms with Crippen molar-refractivity contribution in [2.75, 3.05) is 18.5 Å². The highest BCUT2D eigenvalue weighted by Gasteiger charge is 2.19. The van der Waals surface area contributed by atoms with E-state index < -0.39 is 0 Å². The summed E-state index contributed by atoms with van der Waals surface area (Å²) in [7, 11) is 0. The van der Waals surface area contributed by atoms with Gasteiger partial charge in [0.2, 0.25) is 5.95 Å². The van der Waals surface area contributed by atoms with Crippen molar-refractivity contribution < 1.29 is 9.53 Å². The molecule has 2 N–H and O–H groups in total. The fourth-order valence-corrected chi connectivity index (χ4v) is 3.65. The van der Waals surface area contributed by atoms with Crippen molar-refractivity contribution in [2.24, 2.45) is 0 Å². The van der Waals surface area contributed by atoms with Gasteiger partial charge in [0.1, 0.15) is 5.69 Å². The molecule has 0 bridgehead atoms. The van der Waals surface area contributed by atoms with Crippen LogP contribution in [0.5, 0.6) is 0 Å². The van der Waals surface area contributed by atoms with Crippen LogP contribution in [0.2, 0.25) is 0 Å². The molecule has 1 fully saturated rings. The number of ether oxygens (including phenoxy) is 1. The van der Waals surface area contributed by atoms with Crippen LogP contribution in [0.4, 0.5) is 11.6 Å². The summed E-state index contributed by atoms with van der Waals surface area (Å²) in [5.41, 5.74) is 4.58. The SMILES string of the molecule is Cc1cc(C(=O)NCC2CCCO2)nc(Nc2c(C(C)C)cccc2C(C)C)n1. The van der Waals surface area contributed by atoms with Crippen LogP contribution in [-0.4, -0.2) is 35.1 Å². The molecule has 0 spiro atoms. The van der Waals surface area contributed by atoms with Crippen molar-refractivity contribution in [1.82, 2.24) is 15.3 Å². The van der Waals surface area contributed by atoms with Gasteiger partial charge in [0.25, 0.3) is 5.91 Å². The number of carbonyl (C=O) groups excluding carboxylic acids is 1. The molecule has 2 aromatic rings. The van der Waals surface area contributed by atoms with E-state index in [1.807, 2.05) is 6.92 Å². The van der Waals surface area contributed by atoms with Gasteiger partial charge < -0.3 is 15.4 Å². The second-order valence-electron chi connectivity index (χ2n) is 8.31. The summed E-state index contributed by atoms with van der Waals surface area (Å²) >= 11 is 0. The number of amides is 1. The summed E-state index contributed by atoms with van der Waals surface area (Å²) in [5.74, 6) is 0.961. The Bertz CT molecular complexity index is 832. The second-order valence-corrected chi connectivity index (χ2v) is 8.31. The van der Waals surface area contributed by atoms with Crippen molar-refractivity contribution in [3.05, 3.63) is 46.8 Å². The third-order valence-corrected chi connectivity index (χ3v) is 5.21. The summed E-state index contributed by atoms with van der Waals surface area (Å²) in [6.45, 7) is 11.9. The number of anilines is 2. The van der Waals surface area contributed by atoms with E-state index in [2.05, 4.69) is 66.5 Å². The first kappa shape index (κ1) is 21.2. The molecule has 0 radical (unpaired) electrons. The number of nitrogens with zero attached hydrogens (tertiary/aromatic N) is 2. The standard InChI is InChI=1S/C23H32N4O2/c1-14(2)18-9-6-10-19(15(3)4)21(18)27-23-25-16(5)12-20(26-23)22(28)24-13-17-8-7-11-29-17/h6,9-10,12,14-15,17H,7-8,11,13H2,1-5H3,(H,24,28)(H,25,26,27). The zero-order valence-electron chi connectivity index (χ0n) is 18.1. The summed E-state index contributed by atoms with van der Waals surface area (Å²) in [6.07, 6.45) is 2.14. The van der Waals surface area contributed by atoms with Crippen LogP contribution in [0, 0.1) is 6.92 Å². The van der Waals surface area contributed by atoms with Gasteiger partial charge in [-0.15, -0.1) is 0 Å². The van der Waals surface area contributed by atoms with Crippen LogP contribution < -0.4 is 10.6 Å². The lowest BCUT2D eigenvalue weighted by molar-refractivity contribution is 0.0853. The number of nitrogens with one attached hydrogen (secondary N) is 2. The first-order valence-electron chi connectivity index (χ1n) is 10.5. The molecule has 1 unspecified atom stereocenters. The maximum atomic E-state index is 12.6. The summed E-state index contributed by atoms with van der Waals surface area (Å²) in [5, 5.41) is 6.35. The van der Waals surface area contributed by atoms with Crippen LogP contribution in [-0.2, 0) is 4.74 Å².